The van der Waals surface area contributed by atoms with Crippen LogP contribution < -0.4 is 5.73 Å². The molecule has 0 aromatic rings. The lowest BCUT2D eigenvalue weighted by Crippen LogP contribution is -2.56. The fourth-order valence-corrected chi connectivity index (χ4v) is 4.33. The van der Waals surface area contributed by atoms with E-state index >= 15 is 0 Å². The number of nitrogens with zero attached hydrogens (tertiary/aromatic N) is 1. The van der Waals surface area contributed by atoms with Gasteiger partial charge in [-0.25, -0.2) is 8.42 Å². The Morgan fingerprint density at radius 3 is 2.10 bits per heavy atom. The number of hydrogen-bond donors (Lipinski definition) is 1. The lowest BCUT2D eigenvalue weighted by molar-refractivity contribution is 0.0625. The lowest BCUT2D eigenvalue weighted by Gasteiger charge is -2.46. The van der Waals surface area contributed by atoms with Crippen LogP contribution >= 0.6 is 0 Å². The number of hydrogen-bond acceptors (Lipinski definition) is 4. The Kier molecular flexibility index (Phi) is 6.69. The molecule has 1 aliphatic rings. The van der Waals surface area contributed by atoms with E-state index in [9.17, 15) is 8.42 Å². The predicted octanol–water partition coefficient (Wildman–Crippen LogP) is 2.57. The molecule has 0 spiro atoms. The van der Waals surface area contributed by atoms with E-state index in [1.165, 1.54) is 19.3 Å². The van der Waals surface area contributed by atoms with E-state index in [4.69, 9.17) is 5.73 Å². The van der Waals surface area contributed by atoms with Crippen molar-refractivity contribution in [2.24, 2.45) is 5.73 Å². The summed E-state index contributed by atoms with van der Waals surface area (Å²) < 4.78 is 24.1. The number of sulfone groups is 1. The minimum Gasteiger partial charge on any atom is -0.329 e. The molecular weight excluding hydrogens is 284 g/mol. The van der Waals surface area contributed by atoms with Gasteiger partial charge >= 0.3 is 0 Å². The quantitative estimate of drug-likeness (QED) is 0.783. The van der Waals surface area contributed by atoms with Crippen LogP contribution in [0.25, 0.3) is 0 Å². The van der Waals surface area contributed by atoms with Crippen LogP contribution in [0.2, 0.25) is 0 Å². The topological polar surface area (TPSA) is 63.4 Å². The smallest absolute Gasteiger partial charge is 0.156 e. The first kappa shape index (κ1) is 18.9. The highest BCUT2D eigenvalue weighted by atomic mass is 32.2. The van der Waals surface area contributed by atoms with Gasteiger partial charge in [0, 0.05) is 18.6 Å². The molecule has 4 nitrogen and oxygen atoms in total. The minimum absolute atomic E-state index is 0.0294. The molecule has 0 aromatic carbocycles. The monoisotopic (exact) mass is 318 g/mol. The van der Waals surface area contributed by atoms with Crippen LogP contribution in [0, 0.1) is 0 Å². The van der Waals surface area contributed by atoms with Crippen LogP contribution in [0.1, 0.15) is 66.2 Å². The van der Waals surface area contributed by atoms with Crippen LogP contribution in [-0.2, 0) is 9.84 Å². The van der Waals surface area contributed by atoms with Gasteiger partial charge in [-0.1, -0.05) is 26.2 Å². The molecule has 5 heteroatoms. The second kappa shape index (κ2) is 7.42. The average molecular weight is 319 g/mol. The van der Waals surface area contributed by atoms with Crippen LogP contribution in [0.3, 0.4) is 0 Å². The maximum atomic E-state index is 12.4. The summed E-state index contributed by atoms with van der Waals surface area (Å²) in [6, 6.07) is 0. The zero-order chi connectivity index (χ0) is 16.1. The first-order valence-electron chi connectivity index (χ1n) is 8.36. The summed E-state index contributed by atoms with van der Waals surface area (Å²) in [5.41, 5.74) is 6.13. The van der Waals surface area contributed by atoms with Crippen LogP contribution in [0.15, 0.2) is 0 Å². The summed E-state index contributed by atoms with van der Waals surface area (Å²) in [5, 5.41) is 0. The van der Waals surface area contributed by atoms with Crippen molar-refractivity contribution in [3.8, 4) is 0 Å². The molecule has 0 unspecified atom stereocenters. The fraction of sp³-hybridized carbons (Fsp3) is 1.00. The second-order valence-corrected chi connectivity index (χ2v) is 10.3. The third-order valence-corrected chi connectivity index (χ3v) is 7.48. The van der Waals surface area contributed by atoms with Gasteiger partial charge in [-0.15, -0.1) is 0 Å². The molecule has 0 bridgehead atoms. The zero-order valence-electron chi connectivity index (χ0n) is 14.3. The average Bonchev–Trinajstić information content (AvgIpc) is 2.43. The molecule has 21 heavy (non-hydrogen) atoms. The van der Waals surface area contributed by atoms with Crippen molar-refractivity contribution in [1.29, 1.82) is 0 Å². The zero-order valence-corrected chi connectivity index (χ0v) is 15.1. The van der Waals surface area contributed by atoms with Crippen LogP contribution in [0.5, 0.6) is 0 Å². The summed E-state index contributed by atoms with van der Waals surface area (Å²) in [7, 11) is -3.07. The Hall–Kier alpha value is -0.130. The first-order valence-corrected chi connectivity index (χ1v) is 10.0. The highest BCUT2D eigenvalue weighted by Gasteiger charge is 2.37. The van der Waals surface area contributed by atoms with E-state index in [0.717, 1.165) is 25.8 Å². The van der Waals surface area contributed by atoms with Gasteiger partial charge in [0.1, 0.15) is 0 Å². The van der Waals surface area contributed by atoms with Gasteiger partial charge in [0.25, 0.3) is 0 Å². The standard InChI is InChI=1S/C16H34N2O2S/c1-5-11-18(12-13-21(19,20)15(2,3)4)16(14-17)9-7-6-8-10-16/h5-14,17H2,1-4H3. The predicted molar refractivity (Wildman–Crippen MR) is 90.3 cm³/mol. The third kappa shape index (κ3) is 4.67. The van der Waals surface area contributed by atoms with Crippen molar-refractivity contribution in [2.75, 3.05) is 25.4 Å². The molecule has 0 atom stereocenters. The Labute approximate surface area is 131 Å². The second-order valence-electron chi connectivity index (χ2n) is 7.41. The van der Waals surface area contributed by atoms with E-state index in [0.29, 0.717) is 13.1 Å². The summed E-state index contributed by atoms with van der Waals surface area (Å²) in [5.74, 6) is 0.234. The van der Waals surface area contributed by atoms with Crippen molar-refractivity contribution in [3.05, 3.63) is 0 Å². The van der Waals surface area contributed by atoms with E-state index < -0.39 is 14.6 Å². The Morgan fingerprint density at radius 1 is 1.10 bits per heavy atom. The van der Waals surface area contributed by atoms with Gasteiger partial charge in [0.2, 0.25) is 0 Å². The molecule has 126 valence electrons. The SMILES string of the molecule is CCCN(CCS(=O)(=O)C(C)(C)C)C1(CN)CCCCC1. The molecule has 0 aliphatic heterocycles. The molecule has 0 amide bonds. The molecule has 0 saturated heterocycles. The van der Waals surface area contributed by atoms with Crippen molar-refractivity contribution < 1.29 is 8.42 Å². The van der Waals surface area contributed by atoms with Gasteiger partial charge in [0.05, 0.1) is 10.5 Å². The summed E-state index contributed by atoms with van der Waals surface area (Å²) in [4.78, 5) is 2.37. The molecular formula is C16H34N2O2S. The highest BCUT2D eigenvalue weighted by molar-refractivity contribution is 7.92. The van der Waals surface area contributed by atoms with Crippen LogP contribution in [0.4, 0.5) is 0 Å². The minimum atomic E-state index is -3.07. The molecule has 2 N–H and O–H groups in total. The summed E-state index contributed by atoms with van der Waals surface area (Å²) in [6.45, 7) is 9.70. The first-order chi connectivity index (χ1) is 9.68. The lowest BCUT2D eigenvalue weighted by atomic mass is 9.80. The molecule has 1 rings (SSSR count). The number of nitrogens with two attached hydrogens (primary N) is 1. The van der Waals surface area contributed by atoms with Crippen molar-refractivity contribution in [2.45, 2.75) is 76.5 Å². The van der Waals surface area contributed by atoms with E-state index in [-0.39, 0.29) is 11.3 Å². The largest absolute Gasteiger partial charge is 0.329 e. The highest BCUT2D eigenvalue weighted by Crippen LogP contribution is 2.33. The normalized spacial score (nSPS) is 19.9. The molecule has 0 radical (unpaired) electrons. The number of rotatable bonds is 7. The fourth-order valence-electron chi connectivity index (χ4n) is 3.25. The molecule has 0 heterocycles. The Balaban J connectivity index is 2.82. The third-order valence-electron chi connectivity index (χ3n) is 4.89. The van der Waals surface area contributed by atoms with E-state index in [2.05, 4.69) is 11.8 Å². The molecule has 0 aromatic heterocycles. The van der Waals surface area contributed by atoms with Gasteiger partial charge in [-0.05, 0) is 46.6 Å². The van der Waals surface area contributed by atoms with E-state index in [1.54, 1.807) is 20.8 Å². The summed E-state index contributed by atoms with van der Waals surface area (Å²) >= 11 is 0. The van der Waals surface area contributed by atoms with Gasteiger partial charge < -0.3 is 5.73 Å². The van der Waals surface area contributed by atoms with E-state index in [1.807, 2.05) is 0 Å². The van der Waals surface area contributed by atoms with Crippen molar-refractivity contribution >= 4 is 9.84 Å². The van der Waals surface area contributed by atoms with Gasteiger partial charge in [-0.3, -0.25) is 4.90 Å². The van der Waals surface area contributed by atoms with Crippen molar-refractivity contribution in [3.63, 3.8) is 0 Å². The molecule has 1 aliphatic carbocycles. The molecule has 1 fully saturated rings. The summed E-state index contributed by atoms with van der Waals surface area (Å²) in [6.07, 6.45) is 6.96. The van der Waals surface area contributed by atoms with Gasteiger partial charge in [-0.2, -0.15) is 0 Å². The molecule has 1 saturated carbocycles. The Bertz CT molecular complexity index is 406. The Morgan fingerprint density at radius 2 is 1.67 bits per heavy atom. The van der Waals surface area contributed by atoms with Gasteiger partial charge in [0.15, 0.2) is 9.84 Å². The maximum Gasteiger partial charge on any atom is 0.156 e. The van der Waals surface area contributed by atoms with Crippen LogP contribution in [-0.4, -0.2) is 49.0 Å². The van der Waals surface area contributed by atoms with Crippen molar-refractivity contribution in [1.82, 2.24) is 4.90 Å². The maximum absolute atomic E-state index is 12.4.